The zero-order chi connectivity index (χ0) is 23.5. The van der Waals surface area contributed by atoms with Crippen LogP contribution >= 0.6 is 0 Å². The molecule has 0 aromatic rings. The second-order valence-corrected chi connectivity index (χ2v) is 15.3. The lowest BCUT2D eigenvalue weighted by atomic mass is 9.30. The molecule has 9 atom stereocenters. The van der Waals surface area contributed by atoms with Crippen LogP contribution in [0.1, 0.15) is 120 Å². The topological polar surface area (TPSA) is 34.1 Å². The summed E-state index contributed by atoms with van der Waals surface area (Å²) in [6.45, 7) is 19.8. The molecule has 5 saturated carbocycles. The molecule has 0 heterocycles. The Labute approximate surface area is 197 Å². The molecule has 180 valence electrons. The maximum Gasteiger partial charge on any atom is 0.144 e. The molecule has 0 saturated heterocycles. The van der Waals surface area contributed by atoms with Gasteiger partial charge in [-0.1, -0.05) is 55.4 Å². The van der Waals surface area contributed by atoms with Gasteiger partial charge in [0.1, 0.15) is 11.6 Å². The summed E-state index contributed by atoms with van der Waals surface area (Å²) in [5.74, 6) is 1.95. The van der Waals surface area contributed by atoms with Crippen molar-refractivity contribution in [3.05, 3.63) is 0 Å². The third-order valence-electron chi connectivity index (χ3n) is 13.4. The van der Waals surface area contributed by atoms with Crippen LogP contribution in [0.4, 0.5) is 0 Å². The Morgan fingerprint density at radius 2 is 1.25 bits per heavy atom. The van der Waals surface area contributed by atoms with Crippen molar-refractivity contribution in [2.24, 2.45) is 56.2 Å². The van der Waals surface area contributed by atoms with Crippen LogP contribution in [0.2, 0.25) is 0 Å². The first-order valence-electron chi connectivity index (χ1n) is 13.7. The van der Waals surface area contributed by atoms with Gasteiger partial charge in [-0.05, 0) is 102 Å². The van der Waals surface area contributed by atoms with E-state index in [2.05, 4.69) is 55.4 Å². The minimum atomic E-state index is -0.141. The van der Waals surface area contributed by atoms with Crippen molar-refractivity contribution in [1.82, 2.24) is 0 Å². The van der Waals surface area contributed by atoms with Gasteiger partial charge in [0, 0.05) is 11.8 Å². The highest BCUT2D eigenvalue weighted by Crippen LogP contribution is 2.78. The largest absolute Gasteiger partial charge is 0.299 e. The highest BCUT2D eigenvalue weighted by molar-refractivity contribution is 6.04. The van der Waals surface area contributed by atoms with Gasteiger partial charge in [-0.2, -0.15) is 0 Å². The number of fused-ring (bicyclic) bond motifs is 7. The third kappa shape index (κ3) is 2.65. The monoisotopic (exact) mass is 440 g/mol. The van der Waals surface area contributed by atoms with E-state index in [4.69, 9.17) is 0 Å². The van der Waals surface area contributed by atoms with Crippen molar-refractivity contribution in [1.29, 1.82) is 0 Å². The molecule has 32 heavy (non-hydrogen) atoms. The first-order chi connectivity index (χ1) is 14.6. The van der Waals surface area contributed by atoms with Crippen LogP contribution < -0.4 is 0 Å². The molecule has 4 unspecified atom stereocenters. The quantitative estimate of drug-likeness (QED) is 0.363. The van der Waals surface area contributed by atoms with Gasteiger partial charge >= 0.3 is 0 Å². The third-order valence-corrected chi connectivity index (χ3v) is 13.4. The Morgan fingerprint density at radius 1 is 0.656 bits per heavy atom. The maximum atomic E-state index is 13.5. The number of Topliss-reactive ketones (excluding diaryl/α,β-unsaturated/α-hetero) is 2. The van der Waals surface area contributed by atoms with Gasteiger partial charge in [0.05, 0.1) is 6.42 Å². The lowest BCUT2D eigenvalue weighted by Gasteiger charge is -2.74. The number of hydrogen-bond donors (Lipinski definition) is 0. The Morgan fingerprint density at radius 3 is 1.94 bits per heavy atom. The van der Waals surface area contributed by atoms with E-state index in [-0.39, 0.29) is 40.7 Å². The van der Waals surface area contributed by atoms with E-state index in [1.165, 1.54) is 51.4 Å². The van der Waals surface area contributed by atoms with Crippen LogP contribution in [0.25, 0.3) is 0 Å². The van der Waals surface area contributed by atoms with Crippen LogP contribution in [0.15, 0.2) is 0 Å². The molecule has 2 heteroatoms. The fourth-order valence-electron chi connectivity index (χ4n) is 11.0. The molecule has 2 nitrogen and oxygen atoms in total. The summed E-state index contributed by atoms with van der Waals surface area (Å²) in [5, 5.41) is 0. The number of carbonyl (C=O) groups is 2. The first kappa shape index (κ1) is 23.1. The zero-order valence-corrected chi connectivity index (χ0v) is 22.2. The van der Waals surface area contributed by atoms with Crippen molar-refractivity contribution in [2.45, 2.75) is 120 Å². The molecule has 0 amide bonds. The minimum Gasteiger partial charge on any atom is -0.299 e. The average molecular weight is 441 g/mol. The van der Waals surface area contributed by atoms with E-state index in [0.29, 0.717) is 27.6 Å². The van der Waals surface area contributed by atoms with Gasteiger partial charge < -0.3 is 0 Å². The van der Waals surface area contributed by atoms with Crippen LogP contribution in [-0.4, -0.2) is 11.6 Å². The molecule has 0 bridgehead atoms. The molecule has 5 rings (SSSR count). The van der Waals surface area contributed by atoms with Gasteiger partial charge in [0.2, 0.25) is 0 Å². The van der Waals surface area contributed by atoms with Gasteiger partial charge in [0.25, 0.3) is 0 Å². The smallest absolute Gasteiger partial charge is 0.144 e. The molecular formula is C30H48O2. The molecule has 0 aliphatic heterocycles. The lowest BCUT2D eigenvalue weighted by molar-refractivity contribution is -0.252. The second kappa shape index (κ2) is 6.51. The van der Waals surface area contributed by atoms with Crippen LogP contribution in [0.5, 0.6) is 0 Å². The highest BCUT2D eigenvalue weighted by atomic mass is 16.2. The number of carbonyl (C=O) groups excluding carboxylic acids is 2. The van der Waals surface area contributed by atoms with E-state index >= 15 is 0 Å². The Bertz CT molecular complexity index is 857. The van der Waals surface area contributed by atoms with Gasteiger partial charge in [-0.3, -0.25) is 9.59 Å². The molecule has 0 aromatic carbocycles. The van der Waals surface area contributed by atoms with Crippen LogP contribution in [-0.2, 0) is 9.59 Å². The summed E-state index contributed by atoms with van der Waals surface area (Å²) in [4.78, 5) is 26.2. The molecule has 5 aliphatic carbocycles. The van der Waals surface area contributed by atoms with Gasteiger partial charge in [-0.15, -0.1) is 0 Å². The number of hydrogen-bond acceptors (Lipinski definition) is 2. The Hall–Kier alpha value is -0.660. The SMILES string of the molecule is C[C@H]1C(=O)CC(=O)C2[C@]3(C)CC[C@@]4(C)C5CC(C)(C)CCC5(C)CC[C@]4(C)C3CC[C@@]21C. The number of rotatable bonds is 0. The fourth-order valence-corrected chi connectivity index (χ4v) is 11.0. The summed E-state index contributed by atoms with van der Waals surface area (Å²) in [5.41, 5.74) is 1.50. The van der Waals surface area contributed by atoms with Crippen LogP contribution in [0.3, 0.4) is 0 Å². The van der Waals surface area contributed by atoms with Crippen LogP contribution in [0, 0.1) is 56.2 Å². The van der Waals surface area contributed by atoms with Crippen molar-refractivity contribution in [3.63, 3.8) is 0 Å². The van der Waals surface area contributed by atoms with E-state index in [1.54, 1.807) is 0 Å². The van der Waals surface area contributed by atoms with Crippen molar-refractivity contribution in [3.8, 4) is 0 Å². The molecule has 0 N–H and O–H groups in total. The minimum absolute atomic E-state index is 0.0258. The van der Waals surface area contributed by atoms with E-state index < -0.39 is 0 Å². The normalized spacial score (nSPS) is 57.1. The Kier molecular flexibility index (Phi) is 4.70. The molecular weight excluding hydrogens is 392 g/mol. The summed E-state index contributed by atoms with van der Waals surface area (Å²) in [6, 6.07) is 0. The fraction of sp³-hybridized carbons (Fsp3) is 0.933. The van der Waals surface area contributed by atoms with Crippen molar-refractivity contribution < 1.29 is 9.59 Å². The average Bonchev–Trinajstić information content (AvgIpc) is 2.69. The molecule has 5 fully saturated rings. The molecule has 0 spiro atoms. The van der Waals surface area contributed by atoms with Gasteiger partial charge in [0.15, 0.2) is 0 Å². The predicted molar refractivity (Wildman–Crippen MR) is 130 cm³/mol. The highest BCUT2D eigenvalue weighted by Gasteiger charge is 2.72. The zero-order valence-electron chi connectivity index (χ0n) is 22.2. The lowest BCUT2D eigenvalue weighted by Crippen LogP contribution is -2.69. The van der Waals surface area contributed by atoms with E-state index in [9.17, 15) is 9.59 Å². The second-order valence-electron chi connectivity index (χ2n) is 15.3. The first-order valence-corrected chi connectivity index (χ1v) is 13.7. The molecule has 5 aliphatic rings. The van der Waals surface area contributed by atoms with Crippen molar-refractivity contribution in [2.75, 3.05) is 0 Å². The summed E-state index contributed by atoms with van der Waals surface area (Å²) < 4.78 is 0. The van der Waals surface area contributed by atoms with Crippen molar-refractivity contribution >= 4 is 11.6 Å². The maximum absolute atomic E-state index is 13.5. The summed E-state index contributed by atoms with van der Waals surface area (Å²) >= 11 is 0. The summed E-state index contributed by atoms with van der Waals surface area (Å²) in [7, 11) is 0. The predicted octanol–water partition coefficient (Wildman–Crippen LogP) is 7.64. The standard InChI is InChI=1S/C30H48O2/c1-19-20(31)17-21(32)24-27(19,5)10-9-22-28(24,6)14-16-30(8)23-18-25(2,3)11-12-26(23,4)13-15-29(22,30)7/h19,22-24H,9-18H2,1-8H3/t19-,22?,23?,24?,26?,27+,28+,29+,30-/m0/s1. The van der Waals surface area contributed by atoms with Gasteiger partial charge in [-0.25, -0.2) is 0 Å². The van der Waals surface area contributed by atoms with E-state index in [1.807, 2.05) is 0 Å². The molecule has 0 aromatic heterocycles. The number of ketones is 2. The van der Waals surface area contributed by atoms with E-state index in [0.717, 1.165) is 12.3 Å². The Balaban J connectivity index is 1.58. The summed E-state index contributed by atoms with van der Waals surface area (Å²) in [6.07, 6.45) is 11.7. The molecule has 0 radical (unpaired) electrons.